The number of carbonyl (C=O) groups excluding carboxylic acids is 2. The lowest BCUT2D eigenvalue weighted by Crippen LogP contribution is -2.50. The molecule has 0 unspecified atom stereocenters. The average Bonchev–Trinajstić information content (AvgIpc) is 2.59. The van der Waals surface area contributed by atoms with Gasteiger partial charge in [-0.15, -0.1) is 0 Å². The second-order valence-electron chi connectivity index (χ2n) is 5.67. The van der Waals surface area contributed by atoms with E-state index in [2.05, 4.69) is 5.32 Å². The largest absolute Gasteiger partial charge is 0.341 e. The van der Waals surface area contributed by atoms with Crippen LogP contribution in [-0.2, 0) is 4.79 Å². The number of nitrogens with one attached hydrogen (secondary N) is 1. The Morgan fingerprint density at radius 2 is 1.96 bits per heavy atom. The van der Waals surface area contributed by atoms with Crippen molar-refractivity contribution in [2.45, 2.75) is 31.7 Å². The summed E-state index contributed by atoms with van der Waals surface area (Å²) in [7, 11) is 0. The lowest BCUT2D eigenvalue weighted by atomic mass is 10.1. The molecule has 126 valence electrons. The minimum atomic E-state index is -0.482. The van der Waals surface area contributed by atoms with Crippen molar-refractivity contribution < 1.29 is 9.59 Å². The third-order valence-electron chi connectivity index (χ3n) is 4.00. The maximum atomic E-state index is 12.7. The van der Waals surface area contributed by atoms with Crippen molar-refractivity contribution >= 4 is 35.2 Å². The van der Waals surface area contributed by atoms with Crippen LogP contribution in [0.3, 0.4) is 0 Å². The van der Waals surface area contributed by atoms with Crippen molar-refractivity contribution in [3.8, 4) is 0 Å². The summed E-state index contributed by atoms with van der Waals surface area (Å²) in [5.74, 6) is 0.568. The molecule has 1 heterocycles. The highest BCUT2D eigenvalue weighted by atomic mass is 35.5. The van der Waals surface area contributed by atoms with E-state index in [4.69, 9.17) is 11.6 Å². The van der Waals surface area contributed by atoms with Gasteiger partial charge in [-0.3, -0.25) is 9.59 Å². The number of nitrogens with zero attached hydrogens (tertiary/aromatic N) is 1. The van der Waals surface area contributed by atoms with Gasteiger partial charge in [0, 0.05) is 13.1 Å². The molecule has 0 saturated carbocycles. The molecule has 0 aromatic heterocycles. The molecule has 1 aromatic carbocycles. The molecule has 1 fully saturated rings. The molecule has 1 atom stereocenters. The van der Waals surface area contributed by atoms with Gasteiger partial charge >= 0.3 is 0 Å². The Morgan fingerprint density at radius 3 is 2.61 bits per heavy atom. The van der Waals surface area contributed by atoms with Gasteiger partial charge < -0.3 is 10.2 Å². The monoisotopic (exact) mass is 354 g/mol. The lowest BCUT2D eigenvalue weighted by Gasteiger charge is -2.30. The molecule has 0 aliphatic carbocycles. The van der Waals surface area contributed by atoms with Crippen LogP contribution in [0.15, 0.2) is 24.3 Å². The zero-order chi connectivity index (χ0) is 16.7. The number of thioether (sulfide) groups is 1. The Morgan fingerprint density at radius 1 is 1.26 bits per heavy atom. The molecular weight excluding hydrogens is 332 g/mol. The van der Waals surface area contributed by atoms with Gasteiger partial charge in [-0.2, -0.15) is 11.8 Å². The van der Waals surface area contributed by atoms with Crippen LogP contribution in [0.4, 0.5) is 0 Å². The first-order valence-corrected chi connectivity index (χ1v) is 9.73. The highest BCUT2D eigenvalue weighted by Crippen LogP contribution is 2.16. The van der Waals surface area contributed by atoms with E-state index in [1.54, 1.807) is 36.0 Å². The SMILES string of the molecule is CSCC[C@H](NC(=O)c1ccccc1Cl)C(=O)N1CCCCC1. The third-order valence-corrected chi connectivity index (χ3v) is 4.97. The number of benzene rings is 1. The summed E-state index contributed by atoms with van der Waals surface area (Å²) in [6.45, 7) is 1.58. The molecule has 0 radical (unpaired) electrons. The number of rotatable bonds is 6. The molecule has 2 rings (SSSR count). The minimum Gasteiger partial charge on any atom is -0.341 e. The van der Waals surface area contributed by atoms with E-state index in [0.717, 1.165) is 31.7 Å². The highest BCUT2D eigenvalue weighted by molar-refractivity contribution is 7.98. The molecule has 1 aromatic rings. The number of hydrogen-bond acceptors (Lipinski definition) is 3. The first kappa shape index (κ1) is 18.1. The van der Waals surface area contributed by atoms with Gasteiger partial charge in [0.1, 0.15) is 6.04 Å². The smallest absolute Gasteiger partial charge is 0.253 e. The zero-order valence-electron chi connectivity index (χ0n) is 13.4. The predicted octanol–water partition coefficient (Wildman–Crippen LogP) is 3.20. The first-order valence-electron chi connectivity index (χ1n) is 7.96. The fourth-order valence-corrected chi connectivity index (χ4v) is 3.40. The summed E-state index contributed by atoms with van der Waals surface area (Å²) in [4.78, 5) is 27.1. The molecule has 1 aliphatic rings. The molecular formula is C17H23ClN2O2S. The number of carbonyl (C=O) groups is 2. The molecule has 2 amide bonds. The van der Waals surface area contributed by atoms with Crippen LogP contribution in [-0.4, -0.2) is 47.9 Å². The quantitative estimate of drug-likeness (QED) is 0.853. The molecule has 4 nitrogen and oxygen atoms in total. The number of amides is 2. The van der Waals surface area contributed by atoms with Gasteiger partial charge in [-0.05, 0) is 49.8 Å². The van der Waals surface area contributed by atoms with Crippen molar-refractivity contribution in [1.82, 2.24) is 10.2 Å². The summed E-state index contributed by atoms with van der Waals surface area (Å²) < 4.78 is 0. The average molecular weight is 355 g/mol. The highest BCUT2D eigenvalue weighted by Gasteiger charge is 2.27. The van der Waals surface area contributed by atoms with E-state index >= 15 is 0 Å². The summed E-state index contributed by atoms with van der Waals surface area (Å²) in [6, 6.07) is 6.42. The van der Waals surface area contributed by atoms with E-state index in [9.17, 15) is 9.59 Å². The fourth-order valence-electron chi connectivity index (χ4n) is 2.71. The topological polar surface area (TPSA) is 49.4 Å². The zero-order valence-corrected chi connectivity index (χ0v) is 15.0. The number of halogens is 1. The Labute approximate surface area is 146 Å². The summed E-state index contributed by atoms with van der Waals surface area (Å²) in [5, 5.41) is 3.28. The molecule has 0 bridgehead atoms. The second kappa shape index (κ2) is 9.18. The fraction of sp³-hybridized carbons (Fsp3) is 0.529. The standard InChI is InChI=1S/C17H23ClN2O2S/c1-23-12-9-15(17(22)20-10-5-2-6-11-20)19-16(21)13-7-3-4-8-14(13)18/h3-4,7-8,15H,2,5-6,9-12H2,1H3,(H,19,21)/t15-/m0/s1. The van der Waals surface area contributed by atoms with E-state index < -0.39 is 6.04 Å². The Kier molecular flexibility index (Phi) is 7.24. The predicted molar refractivity (Wildman–Crippen MR) is 96.1 cm³/mol. The molecule has 0 spiro atoms. The van der Waals surface area contributed by atoms with E-state index in [-0.39, 0.29) is 11.8 Å². The van der Waals surface area contributed by atoms with Crippen LogP contribution >= 0.6 is 23.4 Å². The number of hydrogen-bond donors (Lipinski definition) is 1. The van der Waals surface area contributed by atoms with Crippen molar-refractivity contribution in [1.29, 1.82) is 0 Å². The van der Waals surface area contributed by atoms with Crippen LogP contribution < -0.4 is 5.32 Å². The summed E-state index contributed by atoms with van der Waals surface area (Å²) in [6.07, 6.45) is 5.88. The van der Waals surface area contributed by atoms with Gasteiger partial charge in [0.05, 0.1) is 10.6 Å². The van der Waals surface area contributed by atoms with Crippen LogP contribution in [0.25, 0.3) is 0 Å². The number of likely N-dealkylation sites (tertiary alicyclic amines) is 1. The summed E-state index contributed by atoms with van der Waals surface area (Å²) >= 11 is 7.75. The van der Waals surface area contributed by atoms with Crippen molar-refractivity contribution in [3.63, 3.8) is 0 Å². The molecule has 23 heavy (non-hydrogen) atoms. The maximum Gasteiger partial charge on any atom is 0.253 e. The molecule has 1 N–H and O–H groups in total. The maximum absolute atomic E-state index is 12.7. The molecule has 1 aliphatic heterocycles. The van der Waals surface area contributed by atoms with Gasteiger partial charge in [0.2, 0.25) is 5.91 Å². The molecule has 1 saturated heterocycles. The normalized spacial score (nSPS) is 16.0. The van der Waals surface area contributed by atoms with Crippen LogP contribution in [0.5, 0.6) is 0 Å². The third kappa shape index (κ3) is 5.15. The van der Waals surface area contributed by atoms with Gasteiger partial charge in [-0.1, -0.05) is 23.7 Å². The van der Waals surface area contributed by atoms with Crippen LogP contribution in [0, 0.1) is 0 Å². The Bertz CT molecular complexity index is 547. The van der Waals surface area contributed by atoms with Crippen LogP contribution in [0.1, 0.15) is 36.0 Å². The second-order valence-corrected chi connectivity index (χ2v) is 7.07. The number of piperidine rings is 1. The van der Waals surface area contributed by atoms with Gasteiger partial charge in [0.25, 0.3) is 5.91 Å². The Balaban J connectivity index is 2.06. The van der Waals surface area contributed by atoms with Crippen molar-refractivity contribution in [3.05, 3.63) is 34.9 Å². The lowest BCUT2D eigenvalue weighted by molar-refractivity contribution is -0.134. The molecule has 6 heteroatoms. The minimum absolute atomic E-state index is 0.0270. The van der Waals surface area contributed by atoms with Gasteiger partial charge in [-0.25, -0.2) is 0 Å². The van der Waals surface area contributed by atoms with E-state index in [0.29, 0.717) is 17.0 Å². The first-order chi connectivity index (χ1) is 11.1. The Hall–Kier alpha value is -1.20. The van der Waals surface area contributed by atoms with E-state index in [1.165, 1.54) is 6.42 Å². The van der Waals surface area contributed by atoms with Crippen molar-refractivity contribution in [2.75, 3.05) is 25.1 Å². The van der Waals surface area contributed by atoms with Crippen LogP contribution in [0.2, 0.25) is 5.02 Å². The van der Waals surface area contributed by atoms with Crippen molar-refractivity contribution in [2.24, 2.45) is 0 Å². The summed E-state index contributed by atoms with van der Waals surface area (Å²) in [5.41, 5.74) is 0.412. The van der Waals surface area contributed by atoms with Gasteiger partial charge in [0.15, 0.2) is 0 Å². The van der Waals surface area contributed by atoms with E-state index in [1.807, 2.05) is 11.2 Å².